The highest BCUT2D eigenvalue weighted by Crippen LogP contribution is 2.21. The Balaban J connectivity index is 2.49. The average molecular weight is 170 g/mol. The van der Waals surface area contributed by atoms with Crippen molar-refractivity contribution in [2.24, 2.45) is 0 Å². The highest BCUT2D eigenvalue weighted by Gasteiger charge is 2.34. The van der Waals surface area contributed by atoms with Gasteiger partial charge in [0.15, 0.2) is 0 Å². The monoisotopic (exact) mass is 170 g/mol. The summed E-state index contributed by atoms with van der Waals surface area (Å²) in [4.78, 5) is 15.3. The van der Waals surface area contributed by atoms with E-state index in [2.05, 4.69) is 30.7 Å². The molecule has 0 amide bonds. The van der Waals surface area contributed by atoms with Crippen LogP contribution in [-0.4, -0.2) is 47.9 Å². The molecular formula is C9H18N2O. The van der Waals surface area contributed by atoms with Crippen molar-refractivity contribution < 1.29 is 4.79 Å². The molecule has 0 radical (unpaired) electrons. The van der Waals surface area contributed by atoms with Crippen LogP contribution < -0.4 is 0 Å². The van der Waals surface area contributed by atoms with Crippen LogP contribution in [0.15, 0.2) is 0 Å². The van der Waals surface area contributed by atoms with Crippen LogP contribution in [0.4, 0.5) is 0 Å². The Bertz CT molecular complexity index is 189. The summed E-state index contributed by atoms with van der Waals surface area (Å²) >= 11 is 0. The molecule has 1 rings (SSSR count). The van der Waals surface area contributed by atoms with Crippen molar-refractivity contribution in [3.05, 3.63) is 0 Å². The molecule has 0 atom stereocenters. The van der Waals surface area contributed by atoms with Crippen LogP contribution in [0.5, 0.6) is 0 Å². The average Bonchev–Trinajstić information content (AvgIpc) is 2.04. The third-order valence-electron chi connectivity index (χ3n) is 2.50. The SMILES string of the molecule is CC(=O)CN1CN(C)C(C)(C)C1. The summed E-state index contributed by atoms with van der Waals surface area (Å²) < 4.78 is 0. The van der Waals surface area contributed by atoms with Gasteiger partial charge in [0.1, 0.15) is 5.78 Å². The number of carbonyl (C=O) groups is 1. The third kappa shape index (κ3) is 2.05. The number of hydrogen-bond donors (Lipinski definition) is 0. The molecule has 0 aromatic rings. The lowest BCUT2D eigenvalue weighted by Crippen LogP contribution is -2.36. The van der Waals surface area contributed by atoms with E-state index in [0.29, 0.717) is 6.54 Å². The van der Waals surface area contributed by atoms with E-state index in [1.165, 1.54) is 0 Å². The molecule has 0 aliphatic carbocycles. The summed E-state index contributed by atoms with van der Waals surface area (Å²) in [6.07, 6.45) is 0. The van der Waals surface area contributed by atoms with Crippen LogP contribution in [0.25, 0.3) is 0 Å². The van der Waals surface area contributed by atoms with Gasteiger partial charge in [-0.3, -0.25) is 14.6 Å². The summed E-state index contributed by atoms with van der Waals surface area (Å²) in [5.41, 5.74) is 0.218. The van der Waals surface area contributed by atoms with Crippen molar-refractivity contribution in [2.75, 3.05) is 26.8 Å². The molecule has 1 aliphatic heterocycles. The van der Waals surface area contributed by atoms with Gasteiger partial charge in [0.2, 0.25) is 0 Å². The number of carbonyl (C=O) groups excluding carboxylic acids is 1. The van der Waals surface area contributed by atoms with E-state index in [1.807, 2.05) is 0 Å². The Kier molecular flexibility index (Phi) is 2.54. The molecule has 1 saturated heterocycles. The zero-order valence-corrected chi connectivity index (χ0v) is 8.42. The van der Waals surface area contributed by atoms with Crippen LogP contribution in [0.3, 0.4) is 0 Å². The Morgan fingerprint density at radius 3 is 2.42 bits per heavy atom. The van der Waals surface area contributed by atoms with Crippen LogP contribution in [0, 0.1) is 0 Å². The fourth-order valence-corrected chi connectivity index (χ4v) is 1.63. The highest BCUT2D eigenvalue weighted by molar-refractivity contribution is 5.77. The molecule has 0 bridgehead atoms. The maximum Gasteiger partial charge on any atom is 0.143 e. The molecule has 1 fully saturated rings. The summed E-state index contributed by atoms with van der Waals surface area (Å²) in [5, 5.41) is 0. The lowest BCUT2D eigenvalue weighted by molar-refractivity contribution is -0.118. The van der Waals surface area contributed by atoms with E-state index in [4.69, 9.17) is 0 Å². The molecular weight excluding hydrogens is 152 g/mol. The largest absolute Gasteiger partial charge is 0.299 e. The van der Waals surface area contributed by atoms with E-state index in [-0.39, 0.29) is 11.3 Å². The summed E-state index contributed by atoms with van der Waals surface area (Å²) in [5.74, 6) is 0.251. The molecule has 0 unspecified atom stereocenters. The van der Waals surface area contributed by atoms with Gasteiger partial charge in [-0.25, -0.2) is 0 Å². The molecule has 3 nitrogen and oxygen atoms in total. The first-order valence-corrected chi connectivity index (χ1v) is 4.35. The Hall–Kier alpha value is -0.410. The molecule has 12 heavy (non-hydrogen) atoms. The van der Waals surface area contributed by atoms with Crippen LogP contribution in [-0.2, 0) is 4.79 Å². The van der Waals surface area contributed by atoms with E-state index < -0.39 is 0 Å². The van der Waals surface area contributed by atoms with Gasteiger partial charge >= 0.3 is 0 Å². The Morgan fingerprint density at radius 1 is 1.50 bits per heavy atom. The van der Waals surface area contributed by atoms with Crippen molar-refractivity contribution in [3.63, 3.8) is 0 Å². The molecule has 1 aliphatic rings. The van der Waals surface area contributed by atoms with Gasteiger partial charge < -0.3 is 0 Å². The summed E-state index contributed by atoms with van der Waals surface area (Å²) in [6.45, 7) is 8.54. The second-order valence-electron chi connectivity index (χ2n) is 4.34. The zero-order valence-electron chi connectivity index (χ0n) is 8.42. The minimum absolute atomic E-state index is 0.218. The number of nitrogens with zero attached hydrogens (tertiary/aromatic N) is 2. The maximum absolute atomic E-state index is 10.9. The quantitative estimate of drug-likeness (QED) is 0.605. The van der Waals surface area contributed by atoms with E-state index in [9.17, 15) is 4.79 Å². The van der Waals surface area contributed by atoms with Gasteiger partial charge in [-0.15, -0.1) is 0 Å². The zero-order chi connectivity index (χ0) is 9.35. The van der Waals surface area contributed by atoms with Crippen LogP contribution >= 0.6 is 0 Å². The molecule has 0 spiro atoms. The number of rotatable bonds is 2. The van der Waals surface area contributed by atoms with Gasteiger partial charge in [-0.2, -0.15) is 0 Å². The normalized spacial score (nSPS) is 24.7. The first-order chi connectivity index (χ1) is 5.42. The molecule has 70 valence electrons. The lowest BCUT2D eigenvalue weighted by Gasteiger charge is -2.25. The topological polar surface area (TPSA) is 23.6 Å². The van der Waals surface area contributed by atoms with Crippen LogP contribution in [0.1, 0.15) is 20.8 Å². The van der Waals surface area contributed by atoms with Crippen molar-refractivity contribution in [1.82, 2.24) is 9.80 Å². The van der Waals surface area contributed by atoms with Crippen molar-refractivity contribution in [3.8, 4) is 0 Å². The standard InChI is InChI=1S/C9H18N2O/c1-8(12)5-11-6-9(2,3)10(4)7-11/h5-7H2,1-4H3. The second-order valence-corrected chi connectivity index (χ2v) is 4.34. The van der Waals surface area contributed by atoms with Crippen molar-refractivity contribution >= 4 is 5.78 Å². The van der Waals surface area contributed by atoms with Gasteiger partial charge in [0.25, 0.3) is 0 Å². The molecule has 0 aromatic carbocycles. The molecule has 1 heterocycles. The smallest absolute Gasteiger partial charge is 0.143 e. The Labute approximate surface area is 74.3 Å². The molecule has 0 aromatic heterocycles. The summed E-state index contributed by atoms with van der Waals surface area (Å²) in [6, 6.07) is 0. The predicted molar refractivity (Wildman–Crippen MR) is 49.0 cm³/mol. The Morgan fingerprint density at radius 2 is 2.08 bits per heavy atom. The third-order valence-corrected chi connectivity index (χ3v) is 2.50. The minimum Gasteiger partial charge on any atom is -0.299 e. The van der Waals surface area contributed by atoms with E-state index in [1.54, 1.807) is 6.92 Å². The van der Waals surface area contributed by atoms with Crippen LogP contribution in [0.2, 0.25) is 0 Å². The fourth-order valence-electron chi connectivity index (χ4n) is 1.63. The first-order valence-electron chi connectivity index (χ1n) is 4.35. The van der Waals surface area contributed by atoms with Crippen molar-refractivity contribution in [2.45, 2.75) is 26.3 Å². The van der Waals surface area contributed by atoms with Crippen molar-refractivity contribution in [1.29, 1.82) is 0 Å². The minimum atomic E-state index is 0.218. The lowest BCUT2D eigenvalue weighted by atomic mass is 10.1. The molecule has 0 N–H and O–H groups in total. The first kappa shape index (κ1) is 9.68. The van der Waals surface area contributed by atoms with Gasteiger partial charge in [0, 0.05) is 12.1 Å². The van der Waals surface area contributed by atoms with Gasteiger partial charge in [0.05, 0.1) is 13.2 Å². The maximum atomic E-state index is 10.9. The fraction of sp³-hybridized carbons (Fsp3) is 0.889. The number of likely N-dealkylation sites (N-methyl/N-ethyl adjacent to an activating group) is 1. The number of hydrogen-bond acceptors (Lipinski definition) is 3. The number of ketones is 1. The highest BCUT2D eigenvalue weighted by atomic mass is 16.1. The molecule has 3 heteroatoms. The van der Waals surface area contributed by atoms with E-state index in [0.717, 1.165) is 13.2 Å². The van der Waals surface area contributed by atoms with E-state index >= 15 is 0 Å². The van der Waals surface area contributed by atoms with Gasteiger partial charge in [-0.1, -0.05) is 0 Å². The summed E-state index contributed by atoms with van der Waals surface area (Å²) in [7, 11) is 2.10. The predicted octanol–water partition coefficient (Wildman–Crippen LogP) is 0.559. The second kappa shape index (κ2) is 3.15. The molecule has 0 saturated carbocycles. The number of Topliss-reactive ketones (excluding diaryl/α,β-unsaturated/α-hetero) is 1. The van der Waals surface area contributed by atoms with Gasteiger partial charge in [-0.05, 0) is 27.8 Å².